The van der Waals surface area contributed by atoms with Crippen LogP contribution in [0.3, 0.4) is 0 Å². The number of hydrogen-bond donors (Lipinski definition) is 2. The van der Waals surface area contributed by atoms with Crippen LogP contribution in [0.15, 0.2) is 30.3 Å². The molecule has 1 aromatic rings. The molecule has 1 rings (SSSR count). The highest BCUT2D eigenvalue weighted by molar-refractivity contribution is 5.70. The summed E-state index contributed by atoms with van der Waals surface area (Å²) in [4.78, 5) is 33.5. The minimum Gasteiger partial charge on any atom is -0.481 e. The quantitative estimate of drug-likeness (QED) is 0.642. The molecule has 1 aromatic carbocycles. The summed E-state index contributed by atoms with van der Waals surface area (Å²) in [6.45, 7) is 0. The fourth-order valence-electron chi connectivity index (χ4n) is 2.74. The monoisotopic (exact) mass is 322 g/mol. The molecule has 6 nitrogen and oxygen atoms in total. The van der Waals surface area contributed by atoms with Crippen molar-refractivity contribution in [1.29, 1.82) is 0 Å². The fourth-order valence-corrected chi connectivity index (χ4v) is 2.74. The number of methoxy groups -OCH3 is 1. The largest absolute Gasteiger partial charge is 0.481 e. The van der Waals surface area contributed by atoms with Crippen molar-refractivity contribution in [2.75, 3.05) is 7.11 Å². The SMILES string of the molecule is COC(=O)CCC(CCC(=O)O)(CCC(=O)O)c1ccccc1. The predicted octanol–water partition coefficient (Wildman–Crippen LogP) is 2.61. The first kappa shape index (κ1) is 18.7. The third-order valence-electron chi connectivity index (χ3n) is 4.06. The molecule has 0 aliphatic carbocycles. The lowest BCUT2D eigenvalue weighted by molar-refractivity contribution is -0.141. The first-order valence-electron chi connectivity index (χ1n) is 7.45. The van der Waals surface area contributed by atoms with Crippen LogP contribution in [-0.2, 0) is 24.5 Å². The summed E-state index contributed by atoms with van der Waals surface area (Å²) in [6, 6.07) is 9.18. The van der Waals surface area contributed by atoms with Crippen LogP contribution in [0, 0.1) is 0 Å². The summed E-state index contributed by atoms with van der Waals surface area (Å²) in [5.74, 6) is -2.28. The molecule has 0 saturated heterocycles. The maximum atomic E-state index is 11.5. The molecule has 0 aliphatic rings. The zero-order valence-corrected chi connectivity index (χ0v) is 13.2. The normalized spacial score (nSPS) is 11.0. The number of aliphatic carboxylic acids is 2. The standard InChI is InChI=1S/C17H22O6/c1-23-16(22)9-12-17(10-7-14(18)19,11-8-15(20)21)13-5-3-2-4-6-13/h2-6H,7-12H2,1H3,(H,18,19)(H,20,21). The Morgan fingerprint density at radius 2 is 1.39 bits per heavy atom. The van der Waals surface area contributed by atoms with Crippen LogP contribution in [0.1, 0.15) is 44.1 Å². The summed E-state index contributed by atoms with van der Waals surface area (Å²) < 4.78 is 4.66. The van der Waals surface area contributed by atoms with Gasteiger partial charge in [0.2, 0.25) is 0 Å². The van der Waals surface area contributed by atoms with E-state index in [0.717, 1.165) is 5.56 Å². The average molecular weight is 322 g/mol. The Hall–Kier alpha value is -2.37. The van der Waals surface area contributed by atoms with Crippen LogP contribution in [0.2, 0.25) is 0 Å². The second kappa shape index (κ2) is 8.92. The molecular formula is C17H22O6. The molecule has 0 fully saturated rings. The second-order valence-corrected chi connectivity index (χ2v) is 5.51. The van der Waals surface area contributed by atoms with Crippen LogP contribution >= 0.6 is 0 Å². The van der Waals surface area contributed by atoms with Gasteiger partial charge in [-0.2, -0.15) is 0 Å². The number of benzene rings is 1. The molecule has 0 unspecified atom stereocenters. The van der Waals surface area contributed by atoms with E-state index in [0.29, 0.717) is 6.42 Å². The number of hydrogen-bond acceptors (Lipinski definition) is 4. The fraction of sp³-hybridized carbons (Fsp3) is 0.471. The molecule has 0 spiro atoms. The van der Waals surface area contributed by atoms with Gasteiger partial charge in [0.25, 0.3) is 0 Å². The second-order valence-electron chi connectivity index (χ2n) is 5.51. The van der Waals surface area contributed by atoms with Gasteiger partial charge in [-0.3, -0.25) is 14.4 Å². The van der Waals surface area contributed by atoms with E-state index in [9.17, 15) is 14.4 Å². The van der Waals surface area contributed by atoms with E-state index in [4.69, 9.17) is 10.2 Å². The van der Waals surface area contributed by atoms with E-state index in [-0.39, 0.29) is 32.1 Å². The highest BCUT2D eigenvalue weighted by atomic mass is 16.5. The van der Waals surface area contributed by atoms with E-state index < -0.39 is 23.3 Å². The molecule has 0 heterocycles. The Morgan fingerprint density at radius 3 is 1.83 bits per heavy atom. The minimum atomic E-state index is -0.946. The van der Waals surface area contributed by atoms with E-state index in [1.165, 1.54) is 7.11 Å². The molecule has 23 heavy (non-hydrogen) atoms. The summed E-state index contributed by atoms with van der Waals surface area (Å²) in [5.41, 5.74) is 0.179. The molecule has 0 bridgehead atoms. The number of ether oxygens (including phenoxy) is 1. The van der Waals surface area contributed by atoms with E-state index in [1.54, 1.807) is 0 Å². The summed E-state index contributed by atoms with van der Waals surface area (Å²) in [5, 5.41) is 18.0. The lowest BCUT2D eigenvalue weighted by Gasteiger charge is -2.34. The average Bonchev–Trinajstić information content (AvgIpc) is 2.54. The molecule has 0 atom stereocenters. The zero-order chi connectivity index (χ0) is 17.3. The molecule has 0 aromatic heterocycles. The maximum Gasteiger partial charge on any atom is 0.305 e. The number of rotatable bonds is 10. The van der Waals surface area contributed by atoms with Gasteiger partial charge in [-0.15, -0.1) is 0 Å². The molecule has 6 heteroatoms. The Kier molecular flexibility index (Phi) is 7.25. The number of carbonyl (C=O) groups excluding carboxylic acids is 1. The van der Waals surface area contributed by atoms with Gasteiger partial charge in [0.05, 0.1) is 7.11 Å². The van der Waals surface area contributed by atoms with Crippen LogP contribution in [0.5, 0.6) is 0 Å². The van der Waals surface area contributed by atoms with E-state index in [1.807, 2.05) is 30.3 Å². The summed E-state index contributed by atoms with van der Waals surface area (Å²) in [7, 11) is 1.29. The molecule has 0 saturated carbocycles. The van der Waals surface area contributed by atoms with Crippen molar-refractivity contribution < 1.29 is 29.3 Å². The molecule has 2 N–H and O–H groups in total. The lowest BCUT2D eigenvalue weighted by atomic mass is 9.70. The number of esters is 1. The lowest BCUT2D eigenvalue weighted by Crippen LogP contribution is -2.29. The van der Waals surface area contributed by atoms with Gasteiger partial charge < -0.3 is 14.9 Å². The first-order valence-corrected chi connectivity index (χ1v) is 7.45. The molecule has 126 valence electrons. The third kappa shape index (κ3) is 6.10. The Balaban J connectivity index is 3.10. The van der Waals surface area contributed by atoms with Crippen LogP contribution in [0.4, 0.5) is 0 Å². The van der Waals surface area contributed by atoms with Crippen molar-refractivity contribution in [3.8, 4) is 0 Å². The van der Waals surface area contributed by atoms with Crippen molar-refractivity contribution in [3.63, 3.8) is 0 Å². The Morgan fingerprint density at radius 1 is 0.913 bits per heavy atom. The van der Waals surface area contributed by atoms with Crippen LogP contribution in [-0.4, -0.2) is 35.2 Å². The van der Waals surface area contributed by atoms with Gasteiger partial charge in [-0.1, -0.05) is 30.3 Å². The molecule has 0 radical (unpaired) electrons. The van der Waals surface area contributed by atoms with Crippen LogP contribution in [0.25, 0.3) is 0 Å². The van der Waals surface area contributed by atoms with Gasteiger partial charge in [-0.25, -0.2) is 0 Å². The molecular weight excluding hydrogens is 300 g/mol. The van der Waals surface area contributed by atoms with Gasteiger partial charge in [0.15, 0.2) is 0 Å². The van der Waals surface area contributed by atoms with Crippen LogP contribution < -0.4 is 0 Å². The number of carbonyl (C=O) groups is 3. The highest BCUT2D eigenvalue weighted by Gasteiger charge is 2.33. The smallest absolute Gasteiger partial charge is 0.305 e. The maximum absolute atomic E-state index is 11.5. The van der Waals surface area contributed by atoms with Gasteiger partial charge >= 0.3 is 17.9 Å². The van der Waals surface area contributed by atoms with Crippen molar-refractivity contribution in [2.24, 2.45) is 0 Å². The summed E-state index contributed by atoms with van der Waals surface area (Å²) >= 11 is 0. The van der Waals surface area contributed by atoms with Gasteiger partial charge in [0.1, 0.15) is 0 Å². The van der Waals surface area contributed by atoms with Crippen molar-refractivity contribution >= 4 is 17.9 Å². The van der Waals surface area contributed by atoms with Crippen molar-refractivity contribution in [1.82, 2.24) is 0 Å². The van der Waals surface area contributed by atoms with Crippen molar-refractivity contribution in [3.05, 3.63) is 35.9 Å². The number of carboxylic acids is 2. The minimum absolute atomic E-state index is 0.0876. The highest BCUT2D eigenvalue weighted by Crippen LogP contribution is 2.39. The topological polar surface area (TPSA) is 101 Å². The Labute approximate surface area is 135 Å². The predicted molar refractivity (Wildman–Crippen MR) is 83.1 cm³/mol. The van der Waals surface area contributed by atoms with E-state index >= 15 is 0 Å². The van der Waals surface area contributed by atoms with Crippen molar-refractivity contribution in [2.45, 2.75) is 43.9 Å². The molecule has 0 amide bonds. The molecule has 0 aliphatic heterocycles. The number of carboxylic acid groups (broad SMARTS) is 2. The first-order chi connectivity index (χ1) is 10.9. The van der Waals surface area contributed by atoms with E-state index in [2.05, 4.69) is 4.74 Å². The Bertz CT molecular complexity index is 519. The van der Waals surface area contributed by atoms with Gasteiger partial charge in [-0.05, 0) is 30.2 Å². The third-order valence-corrected chi connectivity index (χ3v) is 4.06. The summed E-state index contributed by atoms with van der Waals surface area (Å²) in [6.07, 6.45) is 0.841. The van der Waals surface area contributed by atoms with Gasteiger partial charge in [0, 0.05) is 19.3 Å². The zero-order valence-electron chi connectivity index (χ0n) is 13.2.